The van der Waals surface area contributed by atoms with E-state index in [4.69, 9.17) is 5.73 Å². The van der Waals surface area contributed by atoms with Gasteiger partial charge in [-0.15, -0.1) is 0 Å². The number of carbonyl (C=O) groups is 1. The van der Waals surface area contributed by atoms with Crippen LogP contribution in [0.3, 0.4) is 0 Å². The number of benzene rings is 1. The topological polar surface area (TPSA) is 55.1 Å². The molecule has 1 aromatic rings. The van der Waals surface area contributed by atoms with E-state index in [1.807, 2.05) is 24.3 Å². The van der Waals surface area contributed by atoms with E-state index in [-0.39, 0.29) is 11.8 Å². The number of nitrogens with two attached hydrogens (primary N) is 1. The number of carbonyl (C=O) groups excluding carboxylic acids is 1. The number of hydrogen-bond donors (Lipinski definition) is 2. The first-order valence-corrected chi connectivity index (χ1v) is 6.76. The van der Waals surface area contributed by atoms with Crippen LogP contribution in [0.25, 0.3) is 0 Å². The van der Waals surface area contributed by atoms with Gasteiger partial charge in [-0.1, -0.05) is 28.4 Å². The first-order chi connectivity index (χ1) is 8.20. The second-order valence-corrected chi connectivity index (χ2v) is 5.45. The van der Waals surface area contributed by atoms with E-state index in [0.29, 0.717) is 12.5 Å². The zero-order chi connectivity index (χ0) is 12.3. The molecule has 1 aliphatic carbocycles. The summed E-state index contributed by atoms with van der Waals surface area (Å²) < 4.78 is 0.970. The Kier molecular flexibility index (Phi) is 4.18. The summed E-state index contributed by atoms with van der Waals surface area (Å²) in [6, 6.07) is 7.65. The van der Waals surface area contributed by atoms with Crippen LogP contribution in [0, 0.1) is 11.8 Å². The van der Waals surface area contributed by atoms with Crippen LogP contribution in [0.15, 0.2) is 28.7 Å². The van der Waals surface area contributed by atoms with Crippen molar-refractivity contribution in [3.63, 3.8) is 0 Å². The van der Waals surface area contributed by atoms with Crippen molar-refractivity contribution in [2.75, 3.05) is 11.9 Å². The Labute approximate surface area is 110 Å². The molecular weight excluding hydrogens is 280 g/mol. The van der Waals surface area contributed by atoms with Gasteiger partial charge in [0.15, 0.2) is 0 Å². The van der Waals surface area contributed by atoms with Crippen LogP contribution < -0.4 is 11.1 Å². The number of halogens is 1. The molecule has 1 saturated carbocycles. The van der Waals surface area contributed by atoms with Gasteiger partial charge in [0.25, 0.3) is 0 Å². The Morgan fingerprint density at radius 1 is 1.47 bits per heavy atom. The molecule has 0 heterocycles. The van der Waals surface area contributed by atoms with Gasteiger partial charge in [0.1, 0.15) is 0 Å². The zero-order valence-corrected chi connectivity index (χ0v) is 11.2. The molecule has 0 spiro atoms. The van der Waals surface area contributed by atoms with E-state index in [0.717, 1.165) is 29.4 Å². The van der Waals surface area contributed by atoms with Gasteiger partial charge < -0.3 is 11.1 Å². The van der Waals surface area contributed by atoms with Crippen molar-refractivity contribution < 1.29 is 4.79 Å². The van der Waals surface area contributed by atoms with Crippen LogP contribution in [0.2, 0.25) is 0 Å². The maximum Gasteiger partial charge on any atom is 0.227 e. The fraction of sp³-hybridized carbons (Fsp3) is 0.462. The van der Waals surface area contributed by atoms with Crippen molar-refractivity contribution in [1.82, 2.24) is 0 Å². The highest BCUT2D eigenvalue weighted by Gasteiger charge is 2.31. The Morgan fingerprint density at radius 3 is 3.00 bits per heavy atom. The van der Waals surface area contributed by atoms with Gasteiger partial charge in [0.2, 0.25) is 5.91 Å². The summed E-state index contributed by atoms with van der Waals surface area (Å²) in [5.74, 6) is 0.539. The molecule has 2 rings (SSSR count). The Hall–Kier alpha value is -0.870. The molecule has 0 saturated heterocycles. The van der Waals surface area contributed by atoms with E-state index in [9.17, 15) is 4.79 Å². The summed E-state index contributed by atoms with van der Waals surface area (Å²) in [6.07, 6.45) is 3.15. The maximum atomic E-state index is 12.1. The first-order valence-electron chi connectivity index (χ1n) is 5.97. The van der Waals surface area contributed by atoms with E-state index in [1.54, 1.807) is 0 Å². The molecule has 4 heteroatoms. The van der Waals surface area contributed by atoms with Crippen molar-refractivity contribution in [2.45, 2.75) is 19.3 Å². The fourth-order valence-corrected chi connectivity index (χ4v) is 2.86. The quantitative estimate of drug-likeness (QED) is 0.901. The van der Waals surface area contributed by atoms with Crippen molar-refractivity contribution >= 4 is 27.5 Å². The molecule has 17 heavy (non-hydrogen) atoms. The lowest BCUT2D eigenvalue weighted by molar-refractivity contribution is -0.120. The van der Waals surface area contributed by atoms with Crippen LogP contribution in [-0.4, -0.2) is 12.5 Å². The van der Waals surface area contributed by atoms with Crippen LogP contribution in [0.4, 0.5) is 5.69 Å². The van der Waals surface area contributed by atoms with Crippen LogP contribution in [0.5, 0.6) is 0 Å². The third-order valence-corrected chi connectivity index (χ3v) is 3.88. The molecule has 3 nitrogen and oxygen atoms in total. The first kappa shape index (κ1) is 12.6. The smallest absolute Gasteiger partial charge is 0.227 e. The lowest BCUT2D eigenvalue weighted by Gasteiger charge is -2.17. The SMILES string of the molecule is NC[C@H]1CCC[C@H]1C(=O)Nc1cccc(Br)c1. The summed E-state index contributed by atoms with van der Waals surface area (Å²) in [5, 5.41) is 2.96. The maximum absolute atomic E-state index is 12.1. The molecule has 1 amide bonds. The highest BCUT2D eigenvalue weighted by molar-refractivity contribution is 9.10. The van der Waals surface area contributed by atoms with Gasteiger partial charge in [0, 0.05) is 16.1 Å². The van der Waals surface area contributed by atoms with Crippen molar-refractivity contribution in [2.24, 2.45) is 17.6 Å². The van der Waals surface area contributed by atoms with Crippen LogP contribution in [-0.2, 0) is 4.79 Å². The summed E-state index contributed by atoms with van der Waals surface area (Å²) in [5.41, 5.74) is 6.53. The monoisotopic (exact) mass is 296 g/mol. The third kappa shape index (κ3) is 3.07. The summed E-state index contributed by atoms with van der Waals surface area (Å²) >= 11 is 3.39. The van der Waals surface area contributed by atoms with Gasteiger partial charge in [-0.05, 0) is 43.5 Å². The number of nitrogens with one attached hydrogen (secondary N) is 1. The lowest BCUT2D eigenvalue weighted by atomic mass is 9.95. The summed E-state index contributed by atoms with van der Waals surface area (Å²) in [7, 11) is 0. The van der Waals surface area contributed by atoms with Gasteiger partial charge >= 0.3 is 0 Å². The van der Waals surface area contributed by atoms with Gasteiger partial charge in [-0.2, -0.15) is 0 Å². The minimum absolute atomic E-state index is 0.0824. The molecule has 1 aromatic carbocycles. The molecule has 0 bridgehead atoms. The van der Waals surface area contributed by atoms with Crippen molar-refractivity contribution in [3.05, 3.63) is 28.7 Å². The molecular formula is C13H17BrN2O. The van der Waals surface area contributed by atoms with E-state index in [1.165, 1.54) is 0 Å². The summed E-state index contributed by atoms with van der Waals surface area (Å²) in [4.78, 5) is 12.1. The molecule has 0 radical (unpaired) electrons. The van der Waals surface area contributed by atoms with E-state index >= 15 is 0 Å². The second-order valence-electron chi connectivity index (χ2n) is 4.53. The Bertz CT molecular complexity index is 408. The van der Waals surface area contributed by atoms with Crippen LogP contribution in [0.1, 0.15) is 19.3 Å². The standard InChI is InChI=1S/C13H17BrN2O/c14-10-4-2-5-11(7-10)16-13(17)12-6-1-3-9(12)8-15/h2,4-5,7,9,12H,1,3,6,8,15H2,(H,16,17)/t9-,12-/m1/s1. The Morgan fingerprint density at radius 2 is 2.29 bits per heavy atom. The highest BCUT2D eigenvalue weighted by Crippen LogP contribution is 2.32. The number of rotatable bonds is 3. The molecule has 3 N–H and O–H groups in total. The van der Waals surface area contributed by atoms with Gasteiger partial charge in [-0.3, -0.25) is 4.79 Å². The molecule has 0 unspecified atom stereocenters. The zero-order valence-electron chi connectivity index (χ0n) is 9.66. The number of anilines is 1. The third-order valence-electron chi connectivity index (χ3n) is 3.39. The largest absolute Gasteiger partial charge is 0.330 e. The van der Waals surface area contributed by atoms with Gasteiger partial charge in [0.05, 0.1) is 0 Å². The lowest BCUT2D eigenvalue weighted by Crippen LogP contribution is -2.29. The minimum Gasteiger partial charge on any atom is -0.330 e. The molecule has 92 valence electrons. The molecule has 2 atom stereocenters. The van der Waals surface area contributed by atoms with E-state index < -0.39 is 0 Å². The minimum atomic E-state index is 0.0824. The second kappa shape index (κ2) is 5.65. The van der Waals surface area contributed by atoms with Crippen molar-refractivity contribution in [1.29, 1.82) is 0 Å². The molecule has 1 fully saturated rings. The molecule has 1 aliphatic rings. The normalized spacial score (nSPS) is 23.6. The predicted molar refractivity (Wildman–Crippen MR) is 72.7 cm³/mol. The molecule has 0 aliphatic heterocycles. The predicted octanol–water partition coefficient (Wildman–Crippen LogP) is 2.76. The average molecular weight is 297 g/mol. The Balaban J connectivity index is 2.01. The summed E-state index contributed by atoms with van der Waals surface area (Å²) in [6.45, 7) is 0.608. The van der Waals surface area contributed by atoms with Gasteiger partial charge in [-0.25, -0.2) is 0 Å². The highest BCUT2D eigenvalue weighted by atomic mass is 79.9. The fourth-order valence-electron chi connectivity index (χ4n) is 2.47. The number of amides is 1. The average Bonchev–Trinajstić information content (AvgIpc) is 2.77. The number of hydrogen-bond acceptors (Lipinski definition) is 2. The van der Waals surface area contributed by atoms with E-state index in [2.05, 4.69) is 21.2 Å². The molecule has 0 aromatic heterocycles. The van der Waals surface area contributed by atoms with Crippen LogP contribution >= 0.6 is 15.9 Å². The van der Waals surface area contributed by atoms with Crippen molar-refractivity contribution in [3.8, 4) is 0 Å².